The second-order valence-electron chi connectivity index (χ2n) is 2.78. The molecule has 0 N–H and O–H groups in total. The number of benzene rings is 1. The fourth-order valence-corrected chi connectivity index (χ4v) is 0.588. The van der Waals surface area contributed by atoms with Crippen LogP contribution in [0, 0.1) is 0 Å². The van der Waals surface area contributed by atoms with Gasteiger partial charge in [0, 0.05) is 13.8 Å². The molecule has 0 heterocycles. The summed E-state index contributed by atoms with van der Waals surface area (Å²) in [5.41, 5.74) is 0. The molecular weight excluding hydrogens is 244 g/mol. The van der Waals surface area contributed by atoms with Crippen molar-refractivity contribution in [3.8, 4) is 0 Å². The minimum atomic E-state index is -0.245. The minimum absolute atomic E-state index is 0.211. The van der Waals surface area contributed by atoms with Crippen molar-refractivity contribution in [3.05, 3.63) is 36.4 Å². The van der Waals surface area contributed by atoms with Gasteiger partial charge >= 0.3 is 11.9 Å². The van der Waals surface area contributed by atoms with E-state index in [1.165, 1.54) is 21.0 Å². The second kappa shape index (κ2) is 21.4. The Labute approximate surface area is 116 Å². The lowest BCUT2D eigenvalue weighted by molar-refractivity contribution is -0.140. The first kappa shape index (κ1) is 22.3. The van der Waals surface area contributed by atoms with E-state index < -0.39 is 0 Å². The molecule has 0 radical (unpaired) electrons. The van der Waals surface area contributed by atoms with E-state index in [1.807, 2.05) is 50.2 Å². The molecule has 0 unspecified atom stereocenters. The molecule has 0 aliphatic heterocycles. The number of hydrogen-bond donors (Lipinski definition) is 0. The zero-order chi connectivity index (χ0) is 15.5. The number of methoxy groups -OCH3 is 1. The van der Waals surface area contributed by atoms with E-state index in [2.05, 4.69) is 9.47 Å². The first-order chi connectivity index (χ1) is 9.04. The number of carbonyl (C=O) groups is 2. The van der Waals surface area contributed by atoms with Gasteiger partial charge in [-0.25, -0.2) is 0 Å². The SMILES string of the molecule is CC.CCOC(C)=O.COC(C)=O.c1ccccc1. The summed E-state index contributed by atoms with van der Waals surface area (Å²) >= 11 is 0. The molecule has 1 aromatic rings. The maximum Gasteiger partial charge on any atom is 0.302 e. The number of esters is 2. The standard InChI is InChI=1S/C6H6.C4H8O2.C3H6O2.C2H6/c1-2-4-6-5-3-1;1-3-6-4(2)5;1-3(4)5-2;1-2/h1-6H;3H2,1-2H3;1-2H3;1-2H3. The number of hydrogen-bond acceptors (Lipinski definition) is 4. The zero-order valence-corrected chi connectivity index (χ0v) is 12.8. The molecule has 0 fully saturated rings. The lowest BCUT2D eigenvalue weighted by Gasteiger charge is -1.89. The topological polar surface area (TPSA) is 52.6 Å². The van der Waals surface area contributed by atoms with Gasteiger partial charge in [-0.05, 0) is 6.92 Å². The van der Waals surface area contributed by atoms with E-state index in [9.17, 15) is 9.59 Å². The Kier molecular flexibility index (Phi) is 25.2. The molecule has 4 nitrogen and oxygen atoms in total. The van der Waals surface area contributed by atoms with Crippen molar-refractivity contribution < 1.29 is 19.1 Å². The molecule has 0 aromatic heterocycles. The van der Waals surface area contributed by atoms with Gasteiger partial charge in [-0.2, -0.15) is 0 Å². The van der Waals surface area contributed by atoms with Crippen LogP contribution in [0.25, 0.3) is 0 Å². The van der Waals surface area contributed by atoms with Crippen LogP contribution in [-0.2, 0) is 19.1 Å². The first-order valence-electron chi connectivity index (χ1n) is 6.22. The van der Waals surface area contributed by atoms with Crippen molar-refractivity contribution >= 4 is 11.9 Å². The van der Waals surface area contributed by atoms with Crippen LogP contribution in [-0.4, -0.2) is 25.7 Å². The average Bonchev–Trinajstić information content (AvgIpc) is 2.44. The Morgan fingerprint density at radius 2 is 1.11 bits per heavy atom. The summed E-state index contributed by atoms with van der Waals surface area (Å²) < 4.78 is 8.51. The second-order valence-corrected chi connectivity index (χ2v) is 2.78. The molecule has 0 aliphatic carbocycles. The summed E-state index contributed by atoms with van der Waals surface area (Å²) in [6.45, 7) is 9.01. The van der Waals surface area contributed by atoms with Crippen molar-refractivity contribution in [3.63, 3.8) is 0 Å². The molecule has 0 spiro atoms. The van der Waals surface area contributed by atoms with Gasteiger partial charge in [-0.15, -0.1) is 0 Å². The third kappa shape index (κ3) is 38.6. The lowest BCUT2D eigenvalue weighted by atomic mass is 10.4. The molecule has 4 heteroatoms. The van der Waals surface area contributed by atoms with Gasteiger partial charge in [0.2, 0.25) is 0 Å². The quantitative estimate of drug-likeness (QED) is 0.733. The molecule has 0 bridgehead atoms. The summed E-state index contributed by atoms with van der Waals surface area (Å²) in [4.78, 5) is 19.4. The summed E-state index contributed by atoms with van der Waals surface area (Å²) in [6, 6.07) is 12.0. The van der Waals surface area contributed by atoms with Crippen molar-refractivity contribution in [2.75, 3.05) is 13.7 Å². The van der Waals surface area contributed by atoms with E-state index in [4.69, 9.17) is 0 Å². The Bertz CT molecular complexity index is 257. The molecule has 110 valence electrons. The van der Waals surface area contributed by atoms with Crippen molar-refractivity contribution in [2.45, 2.75) is 34.6 Å². The highest BCUT2D eigenvalue weighted by atomic mass is 16.5. The third-order valence-corrected chi connectivity index (χ3v) is 1.30. The van der Waals surface area contributed by atoms with Crippen LogP contribution in [0.2, 0.25) is 0 Å². The van der Waals surface area contributed by atoms with Crippen LogP contribution in [0.3, 0.4) is 0 Å². The van der Waals surface area contributed by atoms with Gasteiger partial charge in [0.15, 0.2) is 0 Å². The summed E-state index contributed by atoms with van der Waals surface area (Å²) in [5.74, 6) is -0.456. The molecule has 1 aromatic carbocycles. The van der Waals surface area contributed by atoms with Gasteiger partial charge in [0.05, 0.1) is 13.7 Å². The Balaban J connectivity index is -0.000000191. The molecule has 1 rings (SSSR count). The average molecular weight is 270 g/mol. The van der Waals surface area contributed by atoms with Crippen LogP contribution in [0.15, 0.2) is 36.4 Å². The first-order valence-corrected chi connectivity index (χ1v) is 6.22. The van der Waals surface area contributed by atoms with Gasteiger partial charge in [0.25, 0.3) is 0 Å². The Morgan fingerprint density at radius 1 is 0.842 bits per heavy atom. The van der Waals surface area contributed by atoms with Crippen LogP contribution < -0.4 is 0 Å². The van der Waals surface area contributed by atoms with Crippen LogP contribution in [0.4, 0.5) is 0 Å². The number of carbonyl (C=O) groups excluding carboxylic acids is 2. The predicted octanol–water partition coefficient (Wildman–Crippen LogP) is 3.46. The molecule has 0 aliphatic rings. The van der Waals surface area contributed by atoms with Crippen molar-refractivity contribution in [2.24, 2.45) is 0 Å². The summed E-state index contributed by atoms with van der Waals surface area (Å²) in [5, 5.41) is 0. The van der Waals surface area contributed by atoms with Gasteiger partial charge in [-0.3, -0.25) is 9.59 Å². The number of ether oxygens (including phenoxy) is 2. The zero-order valence-electron chi connectivity index (χ0n) is 12.8. The monoisotopic (exact) mass is 270 g/mol. The normalized spacial score (nSPS) is 7.05. The summed E-state index contributed by atoms with van der Waals surface area (Å²) in [6.07, 6.45) is 0. The van der Waals surface area contributed by atoms with Crippen LogP contribution in [0.5, 0.6) is 0 Å². The van der Waals surface area contributed by atoms with Crippen LogP contribution >= 0.6 is 0 Å². The molecule has 0 atom stereocenters. The smallest absolute Gasteiger partial charge is 0.302 e. The van der Waals surface area contributed by atoms with E-state index in [1.54, 1.807) is 6.92 Å². The largest absolute Gasteiger partial charge is 0.469 e. The molecule has 19 heavy (non-hydrogen) atoms. The van der Waals surface area contributed by atoms with E-state index >= 15 is 0 Å². The third-order valence-electron chi connectivity index (χ3n) is 1.30. The minimum Gasteiger partial charge on any atom is -0.469 e. The molecule has 0 saturated carbocycles. The fraction of sp³-hybridized carbons (Fsp3) is 0.467. The lowest BCUT2D eigenvalue weighted by Crippen LogP contribution is -1.95. The van der Waals surface area contributed by atoms with Gasteiger partial charge in [0.1, 0.15) is 0 Å². The highest BCUT2D eigenvalue weighted by Gasteiger charge is 1.81. The summed E-state index contributed by atoms with van der Waals surface area (Å²) in [7, 11) is 1.35. The fourth-order valence-electron chi connectivity index (χ4n) is 0.588. The van der Waals surface area contributed by atoms with Crippen molar-refractivity contribution in [1.82, 2.24) is 0 Å². The van der Waals surface area contributed by atoms with Gasteiger partial charge in [-0.1, -0.05) is 50.2 Å². The maximum atomic E-state index is 9.82. The van der Waals surface area contributed by atoms with E-state index in [0.717, 1.165) is 0 Å². The molecule has 0 saturated heterocycles. The Morgan fingerprint density at radius 3 is 1.16 bits per heavy atom. The Hall–Kier alpha value is -1.84. The van der Waals surface area contributed by atoms with Crippen molar-refractivity contribution in [1.29, 1.82) is 0 Å². The number of rotatable bonds is 1. The highest BCUT2D eigenvalue weighted by Crippen LogP contribution is 1.79. The van der Waals surface area contributed by atoms with Gasteiger partial charge < -0.3 is 9.47 Å². The maximum absolute atomic E-state index is 9.82. The molecular formula is C15H26O4. The van der Waals surface area contributed by atoms with E-state index in [-0.39, 0.29) is 11.9 Å². The van der Waals surface area contributed by atoms with Crippen LogP contribution in [0.1, 0.15) is 34.6 Å². The highest BCUT2D eigenvalue weighted by molar-refractivity contribution is 5.65. The predicted molar refractivity (Wildman–Crippen MR) is 77.8 cm³/mol. The van der Waals surface area contributed by atoms with E-state index in [0.29, 0.717) is 6.61 Å². The molecule has 0 amide bonds.